The summed E-state index contributed by atoms with van der Waals surface area (Å²) in [5, 5.41) is 0. The number of hydrogen-bond acceptors (Lipinski definition) is 2. The van der Waals surface area contributed by atoms with Crippen LogP contribution in [0.5, 0.6) is 0 Å². The molecule has 0 amide bonds. The Morgan fingerprint density at radius 3 is 1.92 bits per heavy atom. The minimum Gasteiger partial charge on any atom is -0.354 e. The molecule has 0 aliphatic heterocycles. The molecule has 0 saturated heterocycles. The molecule has 12 heavy (non-hydrogen) atoms. The van der Waals surface area contributed by atoms with Gasteiger partial charge in [-0.05, 0) is 25.7 Å². The summed E-state index contributed by atoms with van der Waals surface area (Å²) in [7, 11) is 1.67. The molecule has 0 fully saturated rings. The monoisotopic (exact) mass is 174 g/mol. The predicted molar refractivity (Wildman–Crippen MR) is 51.1 cm³/mol. The molecule has 2 heteroatoms. The van der Waals surface area contributed by atoms with E-state index in [1.807, 2.05) is 13.8 Å². The van der Waals surface area contributed by atoms with Gasteiger partial charge in [0.2, 0.25) is 0 Å². The maximum absolute atomic E-state index is 5.61. The van der Waals surface area contributed by atoms with Crippen LogP contribution in [0.15, 0.2) is 0 Å². The van der Waals surface area contributed by atoms with Crippen LogP contribution in [0.25, 0.3) is 0 Å². The molecule has 0 heterocycles. The van der Waals surface area contributed by atoms with Crippen molar-refractivity contribution in [2.75, 3.05) is 13.7 Å². The van der Waals surface area contributed by atoms with Crippen molar-refractivity contribution in [2.24, 2.45) is 5.41 Å². The van der Waals surface area contributed by atoms with Crippen molar-refractivity contribution in [3.05, 3.63) is 0 Å². The first-order chi connectivity index (χ1) is 5.33. The van der Waals surface area contributed by atoms with Gasteiger partial charge >= 0.3 is 0 Å². The van der Waals surface area contributed by atoms with Gasteiger partial charge in [-0.1, -0.05) is 20.8 Å². The highest BCUT2D eigenvalue weighted by molar-refractivity contribution is 4.66. The highest BCUT2D eigenvalue weighted by Crippen LogP contribution is 2.23. The Balaban J connectivity index is 3.82. The predicted octanol–water partition coefficient (Wildman–Crippen LogP) is 2.82. The van der Waals surface area contributed by atoms with Crippen molar-refractivity contribution >= 4 is 0 Å². The van der Waals surface area contributed by atoms with Gasteiger partial charge in [0.15, 0.2) is 5.79 Å². The third kappa shape index (κ3) is 4.73. The zero-order valence-corrected chi connectivity index (χ0v) is 9.23. The molecule has 0 aromatic heterocycles. The van der Waals surface area contributed by atoms with Crippen LogP contribution in [0.2, 0.25) is 0 Å². The van der Waals surface area contributed by atoms with Gasteiger partial charge in [0.25, 0.3) is 0 Å². The fraction of sp³-hybridized carbons (Fsp3) is 1.00. The SMILES string of the molecule is CCC(C)(C)COC(C)(C)OC. The molecule has 0 bridgehead atoms. The van der Waals surface area contributed by atoms with E-state index in [1.54, 1.807) is 7.11 Å². The summed E-state index contributed by atoms with van der Waals surface area (Å²) >= 11 is 0. The van der Waals surface area contributed by atoms with Crippen LogP contribution >= 0.6 is 0 Å². The van der Waals surface area contributed by atoms with Crippen molar-refractivity contribution in [1.82, 2.24) is 0 Å². The average molecular weight is 174 g/mol. The molecular weight excluding hydrogens is 152 g/mol. The van der Waals surface area contributed by atoms with Crippen LogP contribution in [0.4, 0.5) is 0 Å². The summed E-state index contributed by atoms with van der Waals surface area (Å²) in [4.78, 5) is 0. The van der Waals surface area contributed by atoms with Crippen LogP contribution in [0.3, 0.4) is 0 Å². The van der Waals surface area contributed by atoms with Gasteiger partial charge in [0.05, 0.1) is 6.61 Å². The van der Waals surface area contributed by atoms with Gasteiger partial charge in [-0.3, -0.25) is 0 Å². The number of hydrogen-bond donors (Lipinski definition) is 0. The third-order valence-electron chi connectivity index (χ3n) is 2.26. The third-order valence-corrected chi connectivity index (χ3v) is 2.26. The lowest BCUT2D eigenvalue weighted by molar-refractivity contribution is -0.210. The van der Waals surface area contributed by atoms with Gasteiger partial charge in [-0.2, -0.15) is 0 Å². The number of methoxy groups -OCH3 is 1. The largest absolute Gasteiger partial charge is 0.354 e. The zero-order chi connectivity index (χ0) is 9.83. The van der Waals surface area contributed by atoms with E-state index in [0.29, 0.717) is 0 Å². The first-order valence-corrected chi connectivity index (χ1v) is 4.52. The second-order valence-electron chi connectivity index (χ2n) is 4.41. The van der Waals surface area contributed by atoms with Gasteiger partial charge < -0.3 is 9.47 Å². The summed E-state index contributed by atoms with van der Waals surface area (Å²) < 4.78 is 10.8. The van der Waals surface area contributed by atoms with Crippen LogP contribution in [-0.2, 0) is 9.47 Å². The first kappa shape index (κ1) is 11.9. The zero-order valence-electron chi connectivity index (χ0n) is 9.23. The summed E-state index contributed by atoms with van der Waals surface area (Å²) in [6, 6.07) is 0. The van der Waals surface area contributed by atoms with Crippen LogP contribution in [0, 0.1) is 5.41 Å². The Kier molecular flexibility index (Phi) is 4.21. The number of ether oxygens (including phenoxy) is 2. The minimum atomic E-state index is -0.452. The maximum atomic E-state index is 5.61. The van der Waals surface area contributed by atoms with Crippen molar-refractivity contribution in [3.8, 4) is 0 Å². The molecule has 0 spiro atoms. The van der Waals surface area contributed by atoms with Gasteiger partial charge in [0, 0.05) is 7.11 Å². The molecule has 0 aromatic rings. The topological polar surface area (TPSA) is 18.5 Å². The second kappa shape index (κ2) is 4.24. The Bertz CT molecular complexity index is 112. The molecule has 0 aromatic carbocycles. The molecule has 0 unspecified atom stereocenters. The molecule has 0 N–H and O–H groups in total. The Labute approximate surface area is 76.3 Å². The Hall–Kier alpha value is -0.0800. The van der Waals surface area contributed by atoms with E-state index in [4.69, 9.17) is 9.47 Å². The lowest BCUT2D eigenvalue weighted by Gasteiger charge is -2.30. The van der Waals surface area contributed by atoms with Crippen LogP contribution in [-0.4, -0.2) is 19.5 Å². The van der Waals surface area contributed by atoms with E-state index in [9.17, 15) is 0 Å². The first-order valence-electron chi connectivity index (χ1n) is 4.52. The van der Waals surface area contributed by atoms with E-state index in [1.165, 1.54) is 0 Å². The fourth-order valence-corrected chi connectivity index (χ4v) is 0.530. The second-order valence-corrected chi connectivity index (χ2v) is 4.41. The molecule has 0 radical (unpaired) electrons. The van der Waals surface area contributed by atoms with E-state index in [0.717, 1.165) is 13.0 Å². The fourth-order valence-electron chi connectivity index (χ4n) is 0.530. The van der Waals surface area contributed by atoms with Gasteiger partial charge in [-0.25, -0.2) is 0 Å². The van der Waals surface area contributed by atoms with Crippen molar-refractivity contribution in [3.63, 3.8) is 0 Å². The van der Waals surface area contributed by atoms with Gasteiger partial charge in [0.1, 0.15) is 0 Å². The molecule has 0 aliphatic rings. The van der Waals surface area contributed by atoms with Crippen LogP contribution < -0.4 is 0 Å². The molecule has 74 valence electrons. The highest BCUT2D eigenvalue weighted by Gasteiger charge is 2.22. The smallest absolute Gasteiger partial charge is 0.162 e. The Morgan fingerprint density at radius 2 is 1.58 bits per heavy atom. The highest BCUT2D eigenvalue weighted by atomic mass is 16.7. The summed E-state index contributed by atoms with van der Waals surface area (Å²) in [5.74, 6) is -0.452. The molecule has 0 atom stereocenters. The molecule has 2 nitrogen and oxygen atoms in total. The summed E-state index contributed by atoms with van der Waals surface area (Å²) in [6.07, 6.45) is 1.12. The normalized spacial score (nSPS) is 13.5. The van der Waals surface area contributed by atoms with E-state index >= 15 is 0 Å². The van der Waals surface area contributed by atoms with Crippen molar-refractivity contribution < 1.29 is 9.47 Å². The molecule has 0 aliphatic carbocycles. The van der Waals surface area contributed by atoms with E-state index < -0.39 is 5.79 Å². The Morgan fingerprint density at radius 1 is 1.08 bits per heavy atom. The lowest BCUT2D eigenvalue weighted by atomic mass is 9.92. The summed E-state index contributed by atoms with van der Waals surface area (Å²) in [5.41, 5.74) is 0.246. The molecule has 0 saturated carbocycles. The standard InChI is InChI=1S/C10H22O2/c1-7-9(2,3)8-12-10(4,5)11-6/h7-8H2,1-6H3. The maximum Gasteiger partial charge on any atom is 0.162 e. The van der Waals surface area contributed by atoms with E-state index in [2.05, 4.69) is 20.8 Å². The minimum absolute atomic E-state index is 0.246. The van der Waals surface area contributed by atoms with Crippen molar-refractivity contribution in [2.45, 2.75) is 46.8 Å². The molecular formula is C10H22O2. The quantitative estimate of drug-likeness (QED) is 0.597. The van der Waals surface area contributed by atoms with E-state index in [-0.39, 0.29) is 5.41 Å². The van der Waals surface area contributed by atoms with Gasteiger partial charge in [-0.15, -0.1) is 0 Å². The van der Waals surface area contributed by atoms with Crippen LogP contribution in [0.1, 0.15) is 41.0 Å². The summed E-state index contributed by atoms with van der Waals surface area (Å²) in [6.45, 7) is 11.2. The average Bonchev–Trinajstić information content (AvgIpc) is 2.02. The van der Waals surface area contributed by atoms with Crippen molar-refractivity contribution in [1.29, 1.82) is 0 Å². The number of rotatable bonds is 5. The molecule has 0 rings (SSSR count). The lowest BCUT2D eigenvalue weighted by Crippen LogP contribution is -2.31.